The summed E-state index contributed by atoms with van der Waals surface area (Å²) in [6.07, 6.45) is 1.77. The minimum atomic E-state index is -3.07. The lowest BCUT2D eigenvalue weighted by atomic mass is 10.2. The monoisotopic (exact) mass is 367 g/mol. The Morgan fingerprint density at radius 1 is 1.44 bits per heavy atom. The minimum Gasteiger partial charge on any atom is -0.362 e. The first kappa shape index (κ1) is 19.5. The van der Waals surface area contributed by atoms with Gasteiger partial charge in [-0.2, -0.15) is 0 Å². The zero-order valence-electron chi connectivity index (χ0n) is 15.8. The summed E-state index contributed by atoms with van der Waals surface area (Å²) in [4.78, 5) is 13.1. The van der Waals surface area contributed by atoms with Crippen molar-refractivity contribution >= 4 is 21.6 Å². The summed E-state index contributed by atoms with van der Waals surface area (Å²) < 4.78 is 23.7. The van der Waals surface area contributed by atoms with Crippen LogP contribution < -0.4 is 10.2 Å². The molecule has 1 fully saturated rings. The zero-order valence-corrected chi connectivity index (χ0v) is 16.6. The number of nitrogens with one attached hydrogen (secondary N) is 1. The Balaban J connectivity index is 2.23. The summed E-state index contributed by atoms with van der Waals surface area (Å²) in [6.45, 7) is 7.70. The lowest BCUT2D eigenvalue weighted by Gasteiger charge is -2.39. The Kier molecular flexibility index (Phi) is 5.92. The third-order valence-electron chi connectivity index (χ3n) is 4.37. The van der Waals surface area contributed by atoms with Crippen LogP contribution >= 0.6 is 0 Å². The second kappa shape index (κ2) is 7.59. The van der Waals surface area contributed by atoms with Crippen LogP contribution in [-0.4, -0.2) is 68.5 Å². The number of hydrogen-bond acceptors (Lipinski definition) is 5. The first-order valence-corrected chi connectivity index (χ1v) is 10.2. The molecule has 0 atom stereocenters. The average molecular weight is 368 g/mol. The average Bonchev–Trinajstić information content (AvgIpc) is 2.54. The first-order chi connectivity index (χ1) is 11.7. The number of rotatable bonds is 4. The van der Waals surface area contributed by atoms with Crippen molar-refractivity contribution in [3.05, 3.63) is 23.9 Å². The van der Waals surface area contributed by atoms with E-state index in [-0.39, 0.29) is 5.75 Å². The zero-order chi connectivity index (χ0) is 18.7. The molecule has 1 aliphatic rings. The summed E-state index contributed by atoms with van der Waals surface area (Å²) in [6, 6.07) is 3.92. The fourth-order valence-electron chi connectivity index (χ4n) is 2.87. The van der Waals surface area contributed by atoms with E-state index in [2.05, 4.69) is 10.3 Å². The summed E-state index contributed by atoms with van der Waals surface area (Å²) in [5, 5.41) is 3.28. The Morgan fingerprint density at radius 3 is 2.76 bits per heavy atom. The molecule has 0 saturated carbocycles. The lowest BCUT2D eigenvalue weighted by Crippen LogP contribution is -2.57. The molecule has 1 aliphatic heterocycles. The van der Waals surface area contributed by atoms with Crippen molar-refractivity contribution in [2.75, 3.05) is 44.4 Å². The molecule has 2 rings (SSSR count). The highest BCUT2D eigenvalue weighted by Gasteiger charge is 2.40. The molecular formula is C17H29N5O2S. The van der Waals surface area contributed by atoms with Gasteiger partial charge in [0.15, 0.2) is 15.8 Å². The third-order valence-corrected chi connectivity index (χ3v) is 6.90. The van der Waals surface area contributed by atoms with Crippen LogP contribution in [0, 0.1) is 0 Å². The summed E-state index contributed by atoms with van der Waals surface area (Å²) in [5.41, 5.74) is 1.03. The molecule has 8 heteroatoms. The van der Waals surface area contributed by atoms with E-state index < -0.39 is 14.6 Å². The van der Waals surface area contributed by atoms with E-state index in [1.165, 1.54) is 0 Å². The van der Waals surface area contributed by atoms with Crippen LogP contribution in [0.2, 0.25) is 0 Å². The number of nitrogens with zero attached hydrogens (tertiary/aromatic N) is 4. The van der Waals surface area contributed by atoms with Crippen LogP contribution in [0.25, 0.3) is 0 Å². The molecule has 0 radical (unpaired) electrons. The van der Waals surface area contributed by atoms with E-state index >= 15 is 0 Å². The van der Waals surface area contributed by atoms with E-state index in [1.807, 2.05) is 43.0 Å². The standard InChI is InChI=1S/C17H29N5O2S/c1-6-18-16(22-10-11-25(23,24)17(2,3)13-22)20-12-14-8-7-9-19-15(14)21(4)5/h7-9H,6,10-13H2,1-5H3,(H,18,20). The Bertz CT molecular complexity index is 728. The quantitative estimate of drug-likeness (QED) is 0.635. The van der Waals surface area contributed by atoms with Gasteiger partial charge in [-0.15, -0.1) is 0 Å². The van der Waals surface area contributed by atoms with Gasteiger partial charge >= 0.3 is 0 Å². The van der Waals surface area contributed by atoms with Gasteiger partial charge in [0.2, 0.25) is 0 Å². The number of pyridine rings is 1. The van der Waals surface area contributed by atoms with Crippen LogP contribution in [0.5, 0.6) is 0 Å². The maximum Gasteiger partial charge on any atom is 0.194 e. The molecule has 2 heterocycles. The van der Waals surface area contributed by atoms with Gasteiger partial charge in [-0.3, -0.25) is 0 Å². The van der Waals surface area contributed by atoms with Crippen molar-refractivity contribution in [1.82, 2.24) is 15.2 Å². The molecule has 0 bridgehead atoms. The fraction of sp³-hybridized carbons (Fsp3) is 0.647. The van der Waals surface area contributed by atoms with Crippen molar-refractivity contribution in [3.63, 3.8) is 0 Å². The van der Waals surface area contributed by atoms with Gasteiger partial charge in [-0.05, 0) is 26.8 Å². The number of aromatic nitrogens is 1. The highest BCUT2D eigenvalue weighted by molar-refractivity contribution is 7.92. The molecule has 0 spiro atoms. The molecule has 0 aliphatic carbocycles. The minimum absolute atomic E-state index is 0.153. The molecule has 7 nitrogen and oxygen atoms in total. The number of guanidine groups is 1. The van der Waals surface area contributed by atoms with E-state index in [0.29, 0.717) is 19.6 Å². The van der Waals surface area contributed by atoms with Crippen molar-refractivity contribution < 1.29 is 8.42 Å². The Hall–Kier alpha value is -1.83. The van der Waals surface area contributed by atoms with E-state index in [4.69, 9.17) is 4.99 Å². The number of sulfone groups is 1. The van der Waals surface area contributed by atoms with Gasteiger partial charge in [0.1, 0.15) is 5.82 Å². The molecule has 25 heavy (non-hydrogen) atoms. The fourth-order valence-corrected chi connectivity index (χ4v) is 4.23. The number of anilines is 1. The number of aliphatic imine (C=N–C) groups is 1. The topological polar surface area (TPSA) is 77.9 Å². The van der Waals surface area contributed by atoms with Gasteiger partial charge in [-0.1, -0.05) is 6.07 Å². The van der Waals surface area contributed by atoms with Gasteiger partial charge in [0.25, 0.3) is 0 Å². The molecule has 0 amide bonds. The molecular weight excluding hydrogens is 338 g/mol. The largest absolute Gasteiger partial charge is 0.362 e. The van der Waals surface area contributed by atoms with Crippen molar-refractivity contribution in [2.24, 2.45) is 4.99 Å². The molecule has 0 unspecified atom stereocenters. The lowest BCUT2D eigenvalue weighted by molar-refractivity contribution is 0.353. The van der Waals surface area contributed by atoms with E-state index in [1.54, 1.807) is 20.0 Å². The SMILES string of the molecule is CCNC(=NCc1cccnc1N(C)C)N1CCS(=O)(=O)C(C)(C)C1. The predicted octanol–water partition coefficient (Wildman–Crippen LogP) is 1.12. The molecule has 140 valence electrons. The smallest absolute Gasteiger partial charge is 0.194 e. The summed E-state index contributed by atoms with van der Waals surface area (Å²) in [5.74, 6) is 1.79. The maximum absolute atomic E-state index is 12.2. The molecule has 1 aromatic rings. The maximum atomic E-state index is 12.2. The molecule has 1 aromatic heterocycles. The van der Waals surface area contributed by atoms with Gasteiger partial charge in [0.05, 0.1) is 17.0 Å². The Morgan fingerprint density at radius 2 is 2.16 bits per heavy atom. The van der Waals surface area contributed by atoms with Crippen molar-refractivity contribution in [2.45, 2.75) is 32.1 Å². The molecule has 0 aromatic carbocycles. The van der Waals surface area contributed by atoms with Crippen LogP contribution in [0.4, 0.5) is 5.82 Å². The normalized spacial score (nSPS) is 19.6. The predicted molar refractivity (Wildman–Crippen MR) is 103 cm³/mol. The van der Waals surface area contributed by atoms with E-state index in [0.717, 1.165) is 23.9 Å². The van der Waals surface area contributed by atoms with Crippen LogP contribution in [0.1, 0.15) is 26.3 Å². The molecule has 1 N–H and O–H groups in total. The van der Waals surface area contributed by atoms with Crippen molar-refractivity contribution in [3.8, 4) is 0 Å². The van der Waals surface area contributed by atoms with Gasteiger partial charge in [-0.25, -0.2) is 18.4 Å². The highest BCUT2D eigenvalue weighted by atomic mass is 32.2. The summed E-state index contributed by atoms with van der Waals surface area (Å²) >= 11 is 0. The third kappa shape index (κ3) is 4.42. The second-order valence-corrected chi connectivity index (χ2v) is 9.79. The van der Waals surface area contributed by atoms with Crippen LogP contribution in [-0.2, 0) is 16.4 Å². The first-order valence-electron chi connectivity index (χ1n) is 8.54. The van der Waals surface area contributed by atoms with Crippen LogP contribution in [0.3, 0.4) is 0 Å². The second-order valence-electron chi connectivity index (χ2n) is 7.05. The Labute approximate surface area is 151 Å². The van der Waals surface area contributed by atoms with Crippen molar-refractivity contribution in [1.29, 1.82) is 0 Å². The number of hydrogen-bond donors (Lipinski definition) is 1. The van der Waals surface area contributed by atoms with Crippen LogP contribution in [0.15, 0.2) is 23.3 Å². The molecule has 1 saturated heterocycles. The highest BCUT2D eigenvalue weighted by Crippen LogP contribution is 2.24. The van der Waals surface area contributed by atoms with Gasteiger partial charge < -0.3 is 15.1 Å². The van der Waals surface area contributed by atoms with Gasteiger partial charge in [0, 0.05) is 45.5 Å². The summed E-state index contributed by atoms with van der Waals surface area (Å²) in [7, 11) is 0.846. The van der Waals surface area contributed by atoms with E-state index in [9.17, 15) is 8.42 Å².